The van der Waals surface area contributed by atoms with Gasteiger partial charge in [-0.2, -0.15) is 0 Å². The summed E-state index contributed by atoms with van der Waals surface area (Å²) in [4.78, 5) is 20.1. The molecule has 0 radical (unpaired) electrons. The lowest BCUT2D eigenvalue weighted by atomic mass is 9.81. The predicted octanol–water partition coefficient (Wildman–Crippen LogP) is 5.10. The van der Waals surface area contributed by atoms with E-state index in [0.29, 0.717) is 34.3 Å². The molecule has 7 rings (SSSR count). The summed E-state index contributed by atoms with van der Waals surface area (Å²) in [6.45, 7) is 0.806. The van der Waals surface area contributed by atoms with Crippen LogP contribution in [-0.2, 0) is 11.2 Å². The van der Waals surface area contributed by atoms with E-state index < -0.39 is 12.1 Å². The number of hydrogen-bond acceptors (Lipinski definition) is 9. The topological polar surface area (TPSA) is 88.6 Å². The molecule has 0 unspecified atom stereocenters. The maximum Gasteiger partial charge on any atom is 0.343 e. The van der Waals surface area contributed by atoms with Gasteiger partial charge in [-0.3, -0.25) is 9.88 Å². The fourth-order valence-corrected chi connectivity index (χ4v) is 6.43. The molecule has 40 heavy (non-hydrogen) atoms. The number of aromatic nitrogens is 1. The summed E-state index contributed by atoms with van der Waals surface area (Å²) in [6.07, 6.45) is 3.85. The molecule has 3 aliphatic rings. The van der Waals surface area contributed by atoms with Gasteiger partial charge >= 0.3 is 5.97 Å². The first-order valence-corrected chi connectivity index (χ1v) is 13.1. The van der Waals surface area contributed by atoms with Crippen molar-refractivity contribution < 1.29 is 33.2 Å². The number of likely N-dealkylation sites (N-methyl/N-ethyl adjacent to an activating group) is 1. The van der Waals surface area contributed by atoms with E-state index in [0.717, 1.165) is 51.6 Å². The Morgan fingerprint density at radius 1 is 0.925 bits per heavy atom. The molecular weight excluding hydrogens is 512 g/mol. The Morgan fingerprint density at radius 3 is 2.52 bits per heavy atom. The molecule has 4 heterocycles. The summed E-state index contributed by atoms with van der Waals surface area (Å²) < 4.78 is 35.3. The molecule has 3 aromatic carbocycles. The number of nitrogens with zero attached hydrogens (tertiary/aromatic N) is 2. The minimum absolute atomic E-state index is 0.0819. The highest BCUT2D eigenvalue weighted by molar-refractivity contribution is 6.00. The summed E-state index contributed by atoms with van der Waals surface area (Å²) in [5.41, 5.74) is 4.97. The number of cyclic esters (lactones) is 1. The summed E-state index contributed by atoms with van der Waals surface area (Å²) >= 11 is 0. The monoisotopic (exact) mass is 540 g/mol. The molecule has 0 spiro atoms. The number of carbonyl (C=O) groups is 1. The number of methoxy groups -OCH3 is 3. The standard InChI is InChI=1S/C31H28N2O7/c1-33-12-11-18-22(20-14-32-13-16-7-5-6-8-17(16)20)29-30(39-15-38-29)28(37-4)23(18)25(33)26-19-9-10-21(35-2)27(36-3)24(19)31(34)40-26/h5-10,13-14,25-26H,11-12,15H2,1-4H3/t25-,26+/m1/s1. The van der Waals surface area contributed by atoms with E-state index in [9.17, 15) is 4.79 Å². The van der Waals surface area contributed by atoms with Crippen LogP contribution in [0.25, 0.3) is 21.9 Å². The zero-order valence-corrected chi connectivity index (χ0v) is 22.6. The Balaban J connectivity index is 1.50. The number of benzene rings is 3. The lowest BCUT2D eigenvalue weighted by Crippen LogP contribution is -2.36. The van der Waals surface area contributed by atoms with Gasteiger partial charge < -0.3 is 28.4 Å². The van der Waals surface area contributed by atoms with Crippen LogP contribution < -0.4 is 23.7 Å². The Hall–Kier alpha value is -4.50. The molecule has 9 heteroatoms. The first-order valence-electron chi connectivity index (χ1n) is 13.1. The van der Waals surface area contributed by atoms with Gasteiger partial charge in [0, 0.05) is 46.6 Å². The smallest absolute Gasteiger partial charge is 0.343 e. The van der Waals surface area contributed by atoms with Gasteiger partial charge in [0.05, 0.1) is 27.4 Å². The SMILES string of the molecule is COc1ccc2c(c1OC)C(=O)O[C@@H]2[C@H]1c2c(c(-c3cncc4ccccc34)c3c(c2OC)OCO3)CCN1C. The number of pyridine rings is 1. The van der Waals surface area contributed by atoms with Crippen LogP contribution in [0.3, 0.4) is 0 Å². The number of ether oxygens (including phenoxy) is 6. The molecule has 0 saturated heterocycles. The van der Waals surface area contributed by atoms with E-state index in [2.05, 4.69) is 16.0 Å². The Kier molecular flexibility index (Phi) is 5.71. The van der Waals surface area contributed by atoms with Crippen molar-refractivity contribution in [3.63, 3.8) is 0 Å². The Morgan fingerprint density at radius 2 is 1.73 bits per heavy atom. The normalized spacial score (nSPS) is 19.2. The average molecular weight is 541 g/mol. The molecule has 0 fully saturated rings. The lowest BCUT2D eigenvalue weighted by molar-refractivity contribution is 0.00877. The number of hydrogen-bond donors (Lipinski definition) is 0. The van der Waals surface area contributed by atoms with Crippen molar-refractivity contribution in [3.05, 3.63) is 71.0 Å². The molecule has 0 aliphatic carbocycles. The van der Waals surface area contributed by atoms with Gasteiger partial charge in [-0.25, -0.2) is 4.79 Å². The average Bonchev–Trinajstić information content (AvgIpc) is 3.60. The van der Waals surface area contributed by atoms with Crippen LogP contribution >= 0.6 is 0 Å². The van der Waals surface area contributed by atoms with E-state index in [1.54, 1.807) is 20.3 Å². The van der Waals surface area contributed by atoms with Gasteiger partial charge in [-0.15, -0.1) is 0 Å². The molecule has 3 aliphatic heterocycles. The fourth-order valence-electron chi connectivity index (χ4n) is 6.43. The molecule has 0 N–H and O–H groups in total. The fraction of sp³-hybridized carbons (Fsp3) is 0.290. The van der Waals surface area contributed by atoms with Gasteiger partial charge in [0.2, 0.25) is 12.5 Å². The Labute approximate surface area is 231 Å². The molecule has 9 nitrogen and oxygen atoms in total. The molecular formula is C31H28N2O7. The summed E-state index contributed by atoms with van der Waals surface area (Å²) in [5.74, 6) is 2.17. The molecule has 0 amide bonds. The number of rotatable bonds is 5. The second kappa shape index (κ2) is 9.31. The van der Waals surface area contributed by atoms with Crippen LogP contribution in [-0.4, -0.2) is 57.6 Å². The van der Waals surface area contributed by atoms with Gasteiger partial charge in [0.25, 0.3) is 0 Å². The van der Waals surface area contributed by atoms with Crippen LogP contribution in [0.1, 0.15) is 39.2 Å². The summed E-state index contributed by atoms with van der Waals surface area (Å²) in [7, 11) is 6.73. The van der Waals surface area contributed by atoms with Gasteiger partial charge in [0.15, 0.2) is 23.0 Å². The van der Waals surface area contributed by atoms with Crippen molar-refractivity contribution in [1.29, 1.82) is 0 Å². The third-order valence-corrected chi connectivity index (χ3v) is 8.15. The van der Waals surface area contributed by atoms with Crippen LogP contribution in [0.15, 0.2) is 48.8 Å². The van der Waals surface area contributed by atoms with E-state index in [-0.39, 0.29) is 12.8 Å². The quantitative estimate of drug-likeness (QED) is 0.321. The molecule has 204 valence electrons. The zero-order valence-electron chi connectivity index (χ0n) is 22.6. The highest BCUT2D eigenvalue weighted by Crippen LogP contribution is 2.59. The van der Waals surface area contributed by atoms with E-state index in [4.69, 9.17) is 28.4 Å². The van der Waals surface area contributed by atoms with E-state index >= 15 is 0 Å². The largest absolute Gasteiger partial charge is 0.493 e. The van der Waals surface area contributed by atoms with Crippen LogP contribution in [0, 0.1) is 0 Å². The van der Waals surface area contributed by atoms with Gasteiger partial charge in [-0.1, -0.05) is 30.3 Å². The van der Waals surface area contributed by atoms with E-state index in [1.807, 2.05) is 43.7 Å². The maximum absolute atomic E-state index is 13.3. The summed E-state index contributed by atoms with van der Waals surface area (Å²) in [6, 6.07) is 11.5. The van der Waals surface area contributed by atoms with Crippen LogP contribution in [0.2, 0.25) is 0 Å². The Bertz CT molecular complexity index is 1680. The van der Waals surface area contributed by atoms with Crippen molar-refractivity contribution in [3.8, 4) is 39.9 Å². The minimum atomic E-state index is -0.612. The first kappa shape index (κ1) is 24.5. The van der Waals surface area contributed by atoms with Crippen molar-refractivity contribution in [2.45, 2.75) is 18.6 Å². The molecule has 0 saturated carbocycles. The maximum atomic E-state index is 13.3. The molecule has 0 bridgehead atoms. The molecule has 4 aromatic rings. The third kappa shape index (κ3) is 3.37. The summed E-state index contributed by atoms with van der Waals surface area (Å²) in [5, 5.41) is 2.09. The molecule has 2 atom stereocenters. The number of esters is 1. The van der Waals surface area contributed by atoms with Crippen molar-refractivity contribution in [2.24, 2.45) is 0 Å². The highest BCUT2D eigenvalue weighted by Gasteiger charge is 2.47. The van der Waals surface area contributed by atoms with Gasteiger partial charge in [0.1, 0.15) is 11.7 Å². The highest BCUT2D eigenvalue weighted by atomic mass is 16.7. The zero-order chi connectivity index (χ0) is 27.5. The van der Waals surface area contributed by atoms with Crippen molar-refractivity contribution >= 4 is 16.7 Å². The van der Waals surface area contributed by atoms with Crippen LogP contribution in [0.4, 0.5) is 0 Å². The van der Waals surface area contributed by atoms with Crippen LogP contribution in [0.5, 0.6) is 28.7 Å². The predicted molar refractivity (Wildman–Crippen MR) is 147 cm³/mol. The minimum Gasteiger partial charge on any atom is -0.493 e. The van der Waals surface area contributed by atoms with E-state index in [1.165, 1.54) is 7.11 Å². The molecule has 1 aromatic heterocycles. The number of fused-ring (bicyclic) bond motifs is 4. The second-order valence-electron chi connectivity index (χ2n) is 10.0. The number of carbonyl (C=O) groups excluding carboxylic acids is 1. The van der Waals surface area contributed by atoms with Crippen molar-refractivity contribution in [1.82, 2.24) is 9.88 Å². The van der Waals surface area contributed by atoms with Crippen molar-refractivity contribution in [2.75, 3.05) is 41.7 Å². The third-order valence-electron chi connectivity index (χ3n) is 8.15. The second-order valence-corrected chi connectivity index (χ2v) is 10.0. The van der Waals surface area contributed by atoms with Gasteiger partial charge in [-0.05, 0) is 30.5 Å². The first-order chi connectivity index (χ1) is 19.6. The lowest BCUT2D eigenvalue weighted by Gasteiger charge is -2.39.